The van der Waals surface area contributed by atoms with Crippen molar-refractivity contribution >= 4 is 29.7 Å². The van der Waals surface area contributed by atoms with Gasteiger partial charge in [0.05, 0.1) is 19.0 Å². The number of carbonyl (C=O) groups is 4. The van der Waals surface area contributed by atoms with Gasteiger partial charge in [-0.2, -0.15) is 0 Å². The number of hydrogen-bond donors (Lipinski definition) is 3. The van der Waals surface area contributed by atoms with Gasteiger partial charge in [-0.25, -0.2) is 4.79 Å². The Labute approximate surface area is 212 Å². The number of rotatable bonds is 10. The summed E-state index contributed by atoms with van der Waals surface area (Å²) >= 11 is 0. The summed E-state index contributed by atoms with van der Waals surface area (Å²) in [6.45, 7) is 4.26. The molecule has 0 spiro atoms. The van der Waals surface area contributed by atoms with Gasteiger partial charge in [-0.05, 0) is 23.6 Å². The minimum atomic E-state index is -1.46. The molecule has 1 unspecified atom stereocenters. The molecule has 14 nitrogen and oxygen atoms in total. The number of benzene rings is 1. The van der Waals surface area contributed by atoms with Crippen molar-refractivity contribution in [3.05, 3.63) is 35.9 Å². The molecule has 0 saturated carbocycles. The van der Waals surface area contributed by atoms with E-state index < -0.39 is 42.6 Å². The highest BCUT2D eigenvalue weighted by molar-refractivity contribution is 6.03. The van der Waals surface area contributed by atoms with Gasteiger partial charge in [-0.15, -0.1) is 5.10 Å². The predicted molar refractivity (Wildman–Crippen MR) is 129 cm³/mol. The highest BCUT2D eigenvalue weighted by Gasteiger charge is 2.34. The number of hydrogen-bond acceptors (Lipinski definition) is 11. The largest absolute Gasteiger partial charge is 0.481 e. The number of amides is 1. The molecule has 1 aromatic heterocycles. The van der Waals surface area contributed by atoms with Crippen LogP contribution in [0.1, 0.15) is 36.0 Å². The molecule has 2 atom stereocenters. The second kappa shape index (κ2) is 12.4. The fourth-order valence-corrected chi connectivity index (χ4v) is 4.44. The molecule has 2 aromatic rings. The Morgan fingerprint density at radius 1 is 1.14 bits per heavy atom. The van der Waals surface area contributed by atoms with E-state index in [-0.39, 0.29) is 12.8 Å². The van der Waals surface area contributed by atoms with Crippen molar-refractivity contribution in [2.24, 2.45) is 0 Å². The fraction of sp³-hybridized carbons (Fsp3) is 0.522. The number of alkyl carbamates (subject to hydrolysis) is 1. The molecule has 14 heteroatoms. The summed E-state index contributed by atoms with van der Waals surface area (Å²) in [7, 11) is 0. The van der Waals surface area contributed by atoms with Crippen molar-refractivity contribution in [3.63, 3.8) is 0 Å². The summed E-state index contributed by atoms with van der Waals surface area (Å²) in [6.07, 6.45) is -0.369. The molecule has 2 aliphatic rings. The van der Waals surface area contributed by atoms with Crippen molar-refractivity contribution in [3.8, 4) is 0 Å². The minimum absolute atomic E-state index is 0.0589. The van der Waals surface area contributed by atoms with Crippen LogP contribution in [0.15, 0.2) is 30.3 Å². The van der Waals surface area contributed by atoms with Gasteiger partial charge < -0.3 is 25.4 Å². The maximum absolute atomic E-state index is 12.7. The van der Waals surface area contributed by atoms with Crippen LogP contribution in [0, 0.1) is 0 Å². The number of carboxylic acid groups (broad SMARTS) is 1. The van der Waals surface area contributed by atoms with E-state index in [0.717, 1.165) is 55.9 Å². The van der Waals surface area contributed by atoms with E-state index in [2.05, 4.69) is 30.9 Å². The molecular formula is C23H30N8O6. The third-order valence-corrected chi connectivity index (χ3v) is 6.27. The SMILES string of the molecule is O=C(O)CC(NC(=O)OCc1ccccc1)C(=O)CC(=O)n1nnc(N2CCC[C@@H]2N2CCNCC2)n1. The molecule has 1 aromatic carbocycles. The van der Waals surface area contributed by atoms with Crippen LogP contribution in [0.25, 0.3) is 0 Å². The van der Waals surface area contributed by atoms with Gasteiger partial charge in [-0.1, -0.05) is 40.2 Å². The number of ether oxygens (including phenoxy) is 1. The average molecular weight is 515 g/mol. The number of piperazine rings is 1. The zero-order valence-electron chi connectivity index (χ0n) is 20.3. The molecule has 1 amide bonds. The zero-order chi connectivity index (χ0) is 26.2. The lowest BCUT2D eigenvalue weighted by molar-refractivity contribution is -0.139. The topological polar surface area (TPSA) is 172 Å². The molecule has 198 valence electrons. The molecule has 3 N–H and O–H groups in total. The maximum Gasteiger partial charge on any atom is 0.408 e. The summed E-state index contributed by atoms with van der Waals surface area (Å²) in [6, 6.07) is 7.40. The van der Waals surface area contributed by atoms with Gasteiger partial charge in [0.2, 0.25) is 0 Å². The Hall–Kier alpha value is -3.91. The number of carbonyl (C=O) groups excluding carboxylic acids is 3. The predicted octanol–water partition coefficient (Wildman–Crippen LogP) is -0.126. The number of aromatic nitrogens is 4. The van der Waals surface area contributed by atoms with Crippen LogP contribution >= 0.6 is 0 Å². The first-order valence-corrected chi connectivity index (χ1v) is 12.2. The van der Waals surface area contributed by atoms with E-state index in [1.54, 1.807) is 24.3 Å². The highest BCUT2D eigenvalue weighted by Crippen LogP contribution is 2.24. The van der Waals surface area contributed by atoms with Crippen molar-refractivity contribution in [1.82, 2.24) is 35.7 Å². The summed E-state index contributed by atoms with van der Waals surface area (Å²) in [5, 5.41) is 26.7. The number of anilines is 1. The van der Waals surface area contributed by atoms with Gasteiger partial charge in [0.1, 0.15) is 12.6 Å². The van der Waals surface area contributed by atoms with Crippen LogP contribution in [0.2, 0.25) is 0 Å². The lowest BCUT2D eigenvalue weighted by atomic mass is 10.1. The smallest absolute Gasteiger partial charge is 0.408 e. The second-order valence-electron chi connectivity index (χ2n) is 8.87. The molecule has 2 aliphatic heterocycles. The summed E-state index contributed by atoms with van der Waals surface area (Å²) in [5.74, 6) is -2.60. The third kappa shape index (κ3) is 7.07. The van der Waals surface area contributed by atoms with E-state index in [0.29, 0.717) is 5.95 Å². The van der Waals surface area contributed by atoms with Crippen LogP contribution in [0.5, 0.6) is 0 Å². The monoisotopic (exact) mass is 514 g/mol. The first kappa shape index (κ1) is 26.2. The fourth-order valence-electron chi connectivity index (χ4n) is 4.44. The zero-order valence-corrected chi connectivity index (χ0v) is 20.3. The van der Waals surface area contributed by atoms with Crippen LogP contribution in [-0.4, -0.2) is 98.9 Å². The Morgan fingerprint density at radius 2 is 1.89 bits per heavy atom. The summed E-state index contributed by atoms with van der Waals surface area (Å²) in [4.78, 5) is 53.9. The lowest BCUT2D eigenvalue weighted by Gasteiger charge is -2.37. The number of aliphatic carboxylic acids is 1. The first-order chi connectivity index (χ1) is 17.9. The highest BCUT2D eigenvalue weighted by atomic mass is 16.5. The second-order valence-corrected chi connectivity index (χ2v) is 8.87. The first-order valence-electron chi connectivity index (χ1n) is 12.2. The Kier molecular flexibility index (Phi) is 8.74. The van der Waals surface area contributed by atoms with Gasteiger partial charge >= 0.3 is 12.1 Å². The molecular weight excluding hydrogens is 484 g/mol. The quantitative estimate of drug-likeness (QED) is 0.359. The van der Waals surface area contributed by atoms with Gasteiger partial charge in [0, 0.05) is 32.7 Å². The lowest BCUT2D eigenvalue weighted by Crippen LogP contribution is -2.53. The average Bonchev–Trinajstić information content (AvgIpc) is 3.58. The van der Waals surface area contributed by atoms with Gasteiger partial charge in [0.25, 0.3) is 11.9 Å². The number of ketones is 1. The van der Waals surface area contributed by atoms with Gasteiger partial charge in [-0.3, -0.25) is 19.3 Å². The van der Waals surface area contributed by atoms with E-state index in [1.807, 2.05) is 11.0 Å². The molecule has 2 fully saturated rings. The van der Waals surface area contributed by atoms with Crippen molar-refractivity contribution < 1.29 is 29.0 Å². The molecule has 0 radical (unpaired) electrons. The van der Waals surface area contributed by atoms with E-state index >= 15 is 0 Å². The van der Waals surface area contributed by atoms with Crippen molar-refractivity contribution in [2.75, 3.05) is 37.6 Å². The van der Waals surface area contributed by atoms with Crippen LogP contribution in [0.3, 0.4) is 0 Å². The number of tetrazole rings is 1. The molecule has 4 rings (SSSR count). The summed E-state index contributed by atoms with van der Waals surface area (Å²) < 4.78 is 5.07. The standard InChI is InChI=1S/C23H30N8O6/c32-18(17(13-21(34)35)25-23(36)37-15-16-5-2-1-3-6-16)14-20(33)31-27-22(26-28-31)30-10-4-7-19(30)29-11-8-24-9-12-29/h1-3,5-6,17,19,24H,4,7-15H2,(H,25,36)(H,34,35)/t17?,19-/m1/s1. The molecule has 0 bridgehead atoms. The van der Waals surface area contributed by atoms with Gasteiger partial charge in [0.15, 0.2) is 5.78 Å². The summed E-state index contributed by atoms with van der Waals surface area (Å²) in [5.41, 5.74) is 0.721. The number of nitrogens with zero attached hydrogens (tertiary/aromatic N) is 6. The number of carboxylic acids is 1. The van der Waals surface area contributed by atoms with E-state index in [9.17, 15) is 24.3 Å². The van der Waals surface area contributed by atoms with Crippen LogP contribution in [-0.2, 0) is 20.9 Å². The Balaban J connectivity index is 1.34. The van der Waals surface area contributed by atoms with E-state index in [4.69, 9.17) is 4.74 Å². The van der Waals surface area contributed by atoms with Crippen LogP contribution < -0.4 is 15.5 Å². The van der Waals surface area contributed by atoms with Crippen molar-refractivity contribution in [1.29, 1.82) is 0 Å². The molecule has 0 aliphatic carbocycles. The van der Waals surface area contributed by atoms with Crippen molar-refractivity contribution in [2.45, 2.75) is 44.5 Å². The van der Waals surface area contributed by atoms with E-state index in [1.165, 1.54) is 0 Å². The number of nitrogens with one attached hydrogen (secondary N) is 2. The maximum atomic E-state index is 12.7. The minimum Gasteiger partial charge on any atom is -0.481 e. The molecule has 3 heterocycles. The number of Topliss-reactive ketones (excluding diaryl/α,β-unsaturated/α-hetero) is 1. The molecule has 37 heavy (non-hydrogen) atoms. The Morgan fingerprint density at radius 3 is 2.62 bits per heavy atom. The Bertz CT molecular complexity index is 1100. The normalized spacial score (nSPS) is 18.8. The van der Waals surface area contributed by atoms with Crippen LogP contribution in [0.4, 0.5) is 10.7 Å². The third-order valence-electron chi connectivity index (χ3n) is 6.27. The molecule has 2 saturated heterocycles.